The molecular weight excluding hydrogens is 298 g/mol. The average molecular weight is 317 g/mol. The van der Waals surface area contributed by atoms with E-state index in [0.717, 1.165) is 11.4 Å². The van der Waals surface area contributed by atoms with Gasteiger partial charge in [0.1, 0.15) is 0 Å². The third-order valence-corrected chi connectivity index (χ3v) is 3.42. The number of amides is 1. The summed E-state index contributed by atoms with van der Waals surface area (Å²) in [6, 6.07) is 11.0. The van der Waals surface area contributed by atoms with Crippen LogP contribution < -0.4 is 5.32 Å². The minimum Gasteiger partial charge on any atom is -0.479 e. The summed E-state index contributed by atoms with van der Waals surface area (Å²) in [7, 11) is 1.38. The Hall–Kier alpha value is -2.67. The van der Waals surface area contributed by atoms with E-state index < -0.39 is 17.4 Å². The molecule has 1 atom stereocenters. The number of carbonyl (C=O) groups excluding carboxylic acids is 1. The van der Waals surface area contributed by atoms with Gasteiger partial charge in [0, 0.05) is 12.8 Å². The first-order chi connectivity index (χ1) is 10.9. The molecule has 0 saturated heterocycles. The summed E-state index contributed by atoms with van der Waals surface area (Å²) < 4.78 is 6.51. The fourth-order valence-corrected chi connectivity index (χ4v) is 2.17. The summed E-state index contributed by atoms with van der Waals surface area (Å²) in [4.78, 5) is 23.7. The first-order valence-electron chi connectivity index (χ1n) is 7.04. The van der Waals surface area contributed by atoms with Crippen LogP contribution in [0.2, 0.25) is 0 Å². The number of benzene rings is 1. The van der Waals surface area contributed by atoms with E-state index in [-0.39, 0.29) is 12.3 Å². The Kier molecular flexibility index (Phi) is 4.80. The molecule has 1 aromatic heterocycles. The molecule has 0 radical (unpaired) electrons. The van der Waals surface area contributed by atoms with E-state index >= 15 is 0 Å². The minimum atomic E-state index is -1.52. The maximum Gasteiger partial charge on any atom is 0.331 e. The Bertz CT molecular complexity index is 711. The highest BCUT2D eigenvalue weighted by Crippen LogP contribution is 2.13. The summed E-state index contributed by atoms with van der Waals surface area (Å²) in [5, 5.41) is 16.0. The number of carboxylic acid groups (broad SMARTS) is 1. The normalized spacial score (nSPS) is 13.3. The molecular formula is C16H19N3O4. The van der Waals surface area contributed by atoms with E-state index in [1.807, 2.05) is 37.3 Å². The van der Waals surface area contributed by atoms with Gasteiger partial charge in [-0.2, -0.15) is 5.10 Å². The number of ether oxygens (including phenoxy) is 1. The monoisotopic (exact) mass is 317 g/mol. The molecule has 2 rings (SSSR count). The third kappa shape index (κ3) is 3.57. The molecule has 0 bridgehead atoms. The first kappa shape index (κ1) is 16.7. The second-order valence-electron chi connectivity index (χ2n) is 5.44. The molecule has 0 spiro atoms. The van der Waals surface area contributed by atoms with Crippen molar-refractivity contribution in [1.82, 2.24) is 15.1 Å². The molecule has 23 heavy (non-hydrogen) atoms. The van der Waals surface area contributed by atoms with E-state index in [0.29, 0.717) is 0 Å². The van der Waals surface area contributed by atoms with Crippen molar-refractivity contribution in [1.29, 1.82) is 0 Å². The third-order valence-electron chi connectivity index (χ3n) is 3.42. The van der Waals surface area contributed by atoms with Gasteiger partial charge in [0.25, 0.3) is 5.91 Å². The van der Waals surface area contributed by atoms with Crippen molar-refractivity contribution >= 4 is 11.9 Å². The highest BCUT2D eigenvalue weighted by atomic mass is 16.5. The molecule has 0 aliphatic rings. The summed E-state index contributed by atoms with van der Waals surface area (Å²) in [5.41, 5.74) is 0.220. The van der Waals surface area contributed by atoms with Crippen LogP contribution >= 0.6 is 0 Å². The second-order valence-corrected chi connectivity index (χ2v) is 5.44. The first-order valence-corrected chi connectivity index (χ1v) is 7.04. The fourth-order valence-electron chi connectivity index (χ4n) is 2.17. The van der Waals surface area contributed by atoms with Crippen molar-refractivity contribution in [3.63, 3.8) is 0 Å². The summed E-state index contributed by atoms with van der Waals surface area (Å²) in [6.07, 6.45) is 0. The van der Waals surface area contributed by atoms with Gasteiger partial charge in [-0.05, 0) is 32.0 Å². The smallest absolute Gasteiger partial charge is 0.331 e. The SMILES string of the molecule is COCC(C)(NC(=O)c1cc(C)n(-c2ccccc2)n1)C(=O)O. The summed E-state index contributed by atoms with van der Waals surface area (Å²) in [6.45, 7) is 3.06. The number of carbonyl (C=O) groups is 2. The molecule has 2 aromatic rings. The largest absolute Gasteiger partial charge is 0.479 e. The van der Waals surface area contributed by atoms with E-state index in [1.54, 1.807) is 10.7 Å². The minimum absolute atomic E-state index is 0.146. The van der Waals surface area contributed by atoms with E-state index in [9.17, 15) is 14.7 Å². The maximum absolute atomic E-state index is 12.3. The molecule has 1 amide bonds. The van der Waals surface area contributed by atoms with E-state index in [2.05, 4.69) is 10.4 Å². The number of rotatable bonds is 6. The molecule has 7 nitrogen and oxygen atoms in total. The Balaban J connectivity index is 2.26. The summed E-state index contributed by atoms with van der Waals surface area (Å²) in [5.74, 6) is -1.74. The van der Waals surface area contributed by atoms with Crippen molar-refractivity contribution in [3.8, 4) is 5.69 Å². The fraction of sp³-hybridized carbons (Fsp3) is 0.312. The Morgan fingerprint density at radius 1 is 1.35 bits per heavy atom. The molecule has 0 aliphatic carbocycles. The van der Waals surface area contributed by atoms with Crippen LogP contribution in [0.3, 0.4) is 0 Å². The zero-order valence-corrected chi connectivity index (χ0v) is 13.2. The number of hydrogen-bond donors (Lipinski definition) is 2. The van der Waals surface area contributed by atoms with Crippen molar-refractivity contribution in [2.24, 2.45) is 0 Å². The molecule has 0 saturated carbocycles. The van der Waals surface area contributed by atoms with Gasteiger partial charge in [-0.3, -0.25) is 4.79 Å². The number of nitrogens with zero attached hydrogens (tertiary/aromatic N) is 2. The molecule has 2 N–H and O–H groups in total. The van der Waals surface area contributed by atoms with Gasteiger partial charge in [-0.15, -0.1) is 0 Å². The van der Waals surface area contributed by atoms with Gasteiger partial charge in [0.2, 0.25) is 0 Å². The van der Waals surface area contributed by atoms with Gasteiger partial charge >= 0.3 is 5.97 Å². The van der Waals surface area contributed by atoms with E-state index in [4.69, 9.17) is 4.74 Å². The van der Waals surface area contributed by atoms with Crippen LogP contribution in [0.25, 0.3) is 5.69 Å². The number of aliphatic carboxylic acids is 1. The van der Waals surface area contributed by atoms with Crippen molar-refractivity contribution in [2.45, 2.75) is 19.4 Å². The predicted molar refractivity (Wildman–Crippen MR) is 83.7 cm³/mol. The number of carboxylic acids is 1. The standard InChI is InChI=1S/C16H19N3O4/c1-11-9-13(18-19(11)12-7-5-4-6-8-12)14(20)17-16(2,10-23-3)15(21)22/h4-9H,10H2,1-3H3,(H,17,20)(H,21,22). The van der Waals surface area contributed by atoms with Gasteiger partial charge in [-0.1, -0.05) is 18.2 Å². The van der Waals surface area contributed by atoms with Crippen LogP contribution in [0.4, 0.5) is 0 Å². The lowest BCUT2D eigenvalue weighted by Crippen LogP contribution is -2.55. The zero-order valence-electron chi connectivity index (χ0n) is 13.2. The van der Waals surface area contributed by atoms with Crippen molar-refractivity contribution in [3.05, 3.63) is 47.8 Å². The lowest BCUT2D eigenvalue weighted by atomic mass is 10.0. The highest BCUT2D eigenvalue weighted by Gasteiger charge is 2.35. The number of nitrogens with one attached hydrogen (secondary N) is 1. The van der Waals surface area contributed by atoms with Crippen LogP contribution in [0.15, 0.2) is 36.4 Å². The van der Waals surface area contributed by atoms with Gasteiger partial charge < -0.3 is 15.2 Å². The molecule has 1 aromatic carbocycles. The average Bonchev–Trinajstić information content (AvgIpc) is 2.90. The number of hydrogen-bond acceptors (Lipinski definition) is 4. The lowest BCUT2D eigenvalue weighted by Gasteiger charge is -2.24. The van der Waals surface area contributed by atoms with Crippen LogP contribution in [-0.4, -0.2) is 46.0 Å². The molecule has 122 valence electrons. The Morgan fingerprint density at radius 3 is 2.57 bits per heavy atom. The number of aromatic nitrogens is 2. The molecule has 1 heterocycles. The van der Waals surface area contributed by atoms with E-state index in [1.165, 1.54) is 14.0 Å². The van der Waals surface area contributed by atoms with Crippen LogP contribution in [-0.2, 0) is 9.53 Å². The zero-order chi connectivity index (χ0) is 17.0. The predicted octanol–water partition coefficient (Wildman–Crippen LogP) is 1.40. The van der Waals surface area contributed by atoms with Crippen molar-refractivity contribution in [2.75, 3.05) is 13.7 Å². The summed E-state index contributed by atoms with van der Waals surface area (Å²) >= 11 is 0. The highest BCUT2D eigenvalue weighted by molar-refractivity contribution is 5.96. The van der Waals surface area contributed by atoms with Crippen LogP contribution in [0, 0.1) is 6.92 Å². The number of aryl methyl sites for hydroxylation is 1. The molecule has 1 unspecified atom stereocenters. The van der Waals surface area contributed by atoms with Gasteiger partial charge in [-0.25, -0.2) is 9.48 Å². The van der Waals surface area contributed by atoms with Gasteiger partial charge in [0.05, 0.1) is 12.3 Å². The lowest BCUT2D eigenvalue weighted by molar-refractivity contribution is -0.145. The topological polar surface area (TPSA) is 93.5 Å². The van der Waals surface area contributed by atoms with Gasteiger partial charge in [0.15, 0.2) is 11.2 Å². The van der Waals surface area contributed by atoms with Crippen LogP contribution in [0.5, 0.6) is 0 Å². The maximum atomic E-state index is 12.3. The number of methoxy groups -OCH3 is 1. The Morgan fingerprint density at radius 2 is 2.00 bits per heavy atom. The Labute approximate surface area is 133 Å². The van der Waals surface area contributed by atoms with Crippen molar-refractivity contribution < 1.29 is 19.4 Å². The quantitative estimate of drug-likeness (QED) is 0.840. The number of para-hydroxylation sites is 1. The molecule has 7 heteroatoms. The van der Waals surface area contributed by atoms with Crippen LogP contribution in [0.1, 0.15) is 23.1 Å². The molecule has 0 fully saturated rings. The molecule has 0 aliphatic heterocycles. The second kappa shape index (κ2) is 6.62.